The average Bonchev–Trinajstić information content (AvgIpc) is 2.19. The normalized spacial score (nSPS) is 12.9. The smallest absolute Gasteiger partial charge is 0.0543 e. The molecule has 0 heterocycles. The Labute approximate surface area is 86.1 Å². The minimum absolute atomic E-state index is 0.319. The molecule has 0 aliphatic carbocycles. The van der Waals surface area contributed by atoms with Crippen LogP contribution in [0.1, 0.15) is 22.6 Å². The van der Waals surface area contributed by atoms with Gasteiger partial charge >= 0.3 is 0 Å². The quantitative estimate of drug-likeness (QED) is 0.793. The summed E-state index contributed by atoms with van der Waals surface area (Å²) < 4.78 is 5.14. The zero-order valence-electron chi connectivity index (χ0n) is 9.21. The fourth-order valence-electron chi connectivity index (χ4n) is 1.52. The molecule has 2 N–H and O–H groups in total. The van der Waals surface area contributed by atoms with Gasteiger partial charge in [-0.1, -0.05) is 18.2 Å². The van der Waals surface area contributed by atoms with Crippen LogP contribution < -0.4 is 5.73 Å². The van der Waals surface area contributed by atoms with E-state index in [2.05, 4.69) is 32.0 Å². The maximum atomic E-state index is 5.70. The number of nitrogens with two attached hydrogens (primary N) is 1. The number of aryl methyl sites for hydroxylation is 2. The van der Waals surface area contributed by atoms with Gasteiger partial charge in [-0.15, -0.1) is 0 Å². The van der Waals surface area contributed by atoms with Gasteiger partial charge in [0.1, 0.15) is 0 Å². The van der Waals surface area contributed by atoms with Crippen molar-refractivity contribution in [2.75, 3.05) is 20.3 Å². The Morgan fingerprint density at radius 3 is 2.50 bits per heavy atom. The van der Waals surface area contributed by atoms with Crippen LogP contribution in [0.3, 0.4) is 0 Å². The van der Waals surface area contributed by atoms with E-state index in [0.29, 0.717) is 19.1 Å². The van der Waals surface area contributed by atoms with Gasteiger partial charge in [0.2, 0.25) is 0 Å². The van der Waals surface area contributed by atoms with E-state index in [1.807, 2.05) is 0 Å². The highest BCUT2D eigenvalue weighted by molar-refractivity contribution is 5.32. The zero-order valence-corrected chi connectivity index (χ0v) is 9.21. The zero-order chi connectivity index (χ0) is 10.6. The van der Waals surface area contributed by atoms with Gasteiger partial charge in [0.15, 0.2) is 0 Å². The van der Waals surface area contributed by atoms with Crippen molar-refractivity contribution in [3.8, 4) is 0 Å². The Hall–Kier alpha value is -0.860. The summed E-state index contributed by atoms with van der Waals surface area (Å²) in [6.07, 6.45) is 0. The summed E-state index contributed by atoms with van der Waals surface area (Å²) in [5.41, 5.74) is 9.61. The third-order valence-corrected chi connectivity index (χ3v) is 2.65. The lowest BCUT2D eigenvalue weighted by atomic mass is 9.96. The fraction of sp³-hybridized carbons (Fsp3) is 0.500. The summed E-state index contributed by atoms with van der Waals surface area (Å²) in [5, 5.41) is 0. The molecule has 0 saturated heterocycles. The third kappa shape index (κ3) is 2.56. The van der Waals surface area contributed by atoms with Crippen LogP contribution in [-0.4, -0.2) is 20.3 Å². The third-order valence-electron chi connectivity index (χ3n) is 2.65. The molecule has 1 unspecified atom stereocenters. The number of methoxy groups -OCH3 is 1. The van der Waals surface area contributed by atoms with E-state index in [-0.39, 0.29) is 0 Å². The lowest BCUT2D eigenvalue weighted by Crippen LogP contribution is -2.17. The topological polar surface area (TPSA) is 35.2 Å². The molecule has 0 aromatic heterocycles. The van der Waals surface area contributed by atoms with Crippen LogP contribution in [0, 0.1) is 13.8 Å². The van der Waals surface area contributed by atoms with Crippen molar-refractivity contribution < 1.29 is 4.74 Å². The molecule has 0 fully saturated rings. The standard InChI is InChI=1S/C12H19NO/c1-9-4-5-11(6-10(9)2)12(7-13)8-14-3/h4-6,12H,7-8,13H2,1-3H3. The number of rotatable bonds is 4. The lowest BCUT2D eigenvalue weighted by molar-refractivity contribution is 0.181. The van der Waals surface area contributed by atoms with Crippen molar-refractivity contribution in [1.82, 2.24) is 0 Å². The van der Waals surface area contributed by atoms with Gasteiger partial charge in [-0.3, -0.25) is 0 Å². The van der Waals surface area contributed by atoms with Crippen LogP contribution in [0.5, 0.6) is 0 Å². The van der Waals surface area contributed by atoms with Crippen LogP contribution in [0.2, 0.25) is 0 Å². The van der Waals surface area contributed by atoms with Gasteiger partial charge in [0.05, 0.1) is 6.61 Å². The van der Waals surface area contributed by atoms with E-state index in [1.165, 1.54) is 16.7 Å². The van der Waals surface area contributed by atoms with Crippen molar-refractivity contribution in [3.63, 3.8) is 0 Å². The lowest BCUT2D eigenvalue weighted by Gasteiger charge is -2.15. The van der Waals surface area contributed by atoms with E-state index >= 15 is 0 Å². The summed E-state index contributed by atoms with van der Waals surface area (Å²) in [6.45, 7) is 5.57. The largest absolute Gasteiger partial charge is 0.384 e. The first kappa shape index (κ1) is 11.2. The second-order valence-electron chi connectivity index (χ2n) is 3.73. The Kier molecular flexibility index (Phi) is 4.11. The summed E-state index contributed by atoms with van der Waals surface area (Å²) in [5.74, 6) is 0.319. The molecule has 1 aromatic rings. The first-order valence-electron chi connectivity index (χ1n) is 4.95. The molecular weight excluding hydrogens is 174 g/mol. The molecule has 14 heavy (non-hydrogen) atoms. The molecule has 0 radical (unpaired) electrons. The predicted molar refractivity (Wildman–Crippen MR) is 59.6 cm³/mol. The molecule has 0 aliphatic rings. The van der Waals surface area contributed by atoms with Crippen molar-refractivity contribution >= 4 is 0 Å². The summed E-state index contributed by atoms with van der Waals surface area (Å²) >= 11 is 0. The van der Waals surface area contributed by atoms with Crippen LogP contribution in [0.25, 0.3) is 0 Å². The van der Waals surface area contributed by atoms with Crippen molar-refractivity contribution in [1.29, 1.82) is 0 Å². The van der Waals surface area contributed by atoms with E-state index in [1.54, 1.807) is 7.11 Å². The molecule has 1 atom stereocenters. The fourth-order valence-corrected chi connectivity index (χ4v) is 1.52. The first-order valence-corrected chi connectivity index (χ1v) is 4.95. The monoisotopic (exact) mass is 193 g/mol. The van der Waals surface area contributed by atoms with E-state index < -0.39 is 0 Å². The van der Waals surface area contributed by atoms with Gasteiger partial charge in [-0.2, -0.15) is 0 Å². The Morgan fingerprint density at radius 1 is 1.29 bits per heavy atom. The number of hydrogen-bond acceptors (Lipinski definition) is 2. The van der Waals surface area contributed by atoms with Crippen molar-refractivity contribution in [2.45, 2.75) is 19.8 Å². The van der Waals surface area contributed by atoms with E-state index in [0.717, 1.165) is 0 Å². The van der Waals surface area contributed by atoms with Crippen molar-refractivity contribution in [2.24, 2.45) is 5.73 Å². The van der Waals surface area contributed by atoms with Gasteiger partial charge in [-0.05, 0) is 30.5 Å². The summed E-state index contributed by atoms with van der Waals surface area (Å²) in [4.78, 5) is 0. The highest BCUT2D eigenvalue weighted by Crippen LogP contribution is 2.18. The van der Waals surface area contributed by atoms with Crippen LogP contribution in [0.15, 0.2) is 18.2 Å². The average molecular weight is 193 g/mol. The molecule has 2 nitrogen and oxygen atoms in total. The number of hydrogen-bond donors (Lipinski definition) is 1. The van der Waals surface area contributed by atoms with E-state index in [9.17, 15) is 0 Å². The van der Waals surface area contributed by atoms with Gasteiger partial charge < -0.3 is 10.5 Å². The molecule has 2 heteroatoms. The molecule has 0 aliphatic heterocycles. The minimum atomic E-state index is 0.319. The first-order chi connectivity index (χ1) is 6.69. The highest BCUT2D eigenvalue weighted by Gasteiger charge is 2.09. The predicted octanol–water partition coefficient (Wildman–Crippen LogP) is 1.99. The molecule has 0 bridgehead atoms. The summed E-state index contributed by atoms with van der Waals surface area (Å²) in [6, 6.07) is 6.48. The molecule has 1 aromatic carbocycles. The maximum Gasteiger partial charge on any atom is 0.0543 e. The van der Waals surface area contributed by atoms with Gasteiger partial charge in [-0.25, -0.2) is 0 Å². The van der Waals surface area contributed by atoms with Gasteiger partial charge in [0, 0.05) is 19.6 Å². The second kappa shape index (κ2) is 5.13. The highest BCUT2D eigenvalue weighted by atomic mass is 16.5. The Balaban J connectivity index is 2.88. The second-order valence-corrected chi connectivity index (χ2v) is 3.73. The molecule has 0 amide bonds. The minimum Gasteiger partial charge on any atom is -0.384 e. The molecule has 0 spiro atoms. The maximum absolute atomic E-state index is 5.70. The Bertz CT molecular complexity index is 296. The van der Waals surface area contributed by atoms with Crippen molar-refractivity contribution in [3.05, 3.63) is 34.9 Å². The van der Waals surface area contributed by atoms with Crippen LogP contribution in [0.4, 0.5) is 0 Å². The van der Waals surface area contributed by atoms with E-state index in [4.69, 9.17) is 10.5 Å². The van der Waals surface area contributed by atoms with Gasteiger partial charge in [0.25, 0.3) is 0 Å². The SMILES string of the molecule is COCC(CN)c1ccc(C)c(C)c1. The number of benzene rings is 1. The molecular formula is C12H19NO. The Morgan fingerprint density at radius 2 is 2.00 bits per heavy atom. The van der Waals surface area contributed by atoms with Crippen LogP contribution in [-0.2, 0) is 4.74 Å². The number of ether oxygens (including phenoxy) is 1. The molecule has 0 saturated carbocycles. The molecule has 1 rings (SSSR count). The van der Waals surface area contributed by atoms with Crippen LogP contribution >= 0.6 is 0 Å². The molecule has 78 valence electrons. The summed E-state index contributed by atoms with van der Waals surface area (Å²) in [7, 11) is 1.71.